The Balaban J connectivity index is 1.40. The molecule has 1 N–H and O–H groups in total. The number of hydrogen-bond donors (Lipinski definition) is 1. The zero-order valence-corrected chi connectivity index (χ0v) is 21.2. The normalized spacial score (nSPS) is 18.4. The summed E-state index contributed by atoms with van der Waals surface area (Å²) in [6.07, 6.45) is 4.40. The van der Waals surface area contributed by atoms with Crippen LogP contribution in [0.3, 0.4) is 0 Å². The molecule has 1 saturated heterocycles. The molecule has 2 amide bonds. The number of hydrogen-bond acceptors (Lipinski definition) is 6. The van der Waals surface area contributed by atoms with Crippen molar-refractivity contribution in [3.8, 4) is 5.75 Å². The lowest BCUT2D eigenvalue weighted by atomic mass is 10.0. The average Bonchev–Trinajstić information content (AvgIpc) is 3.52. The molecule has 8 heteroatoms. The fraction of sp³-hybridized carbons (Fsp3) is 0.345. The summed E-state index contributed by atoms with van der Waals surface area (Å²) < 4.78 is 16.1. The van der Waals surface area contributed by atoms with E-state index in [9.17, 15) is 14.4 Å². The van der Waals surface area contributed by atoms with E-state index in [1.54, 1.807) is 42.2 Å². The smallest absolute Gasteiger partial charge is 0.340 e. The summed E-state index contributed by atoms with van der Waals surface area (Å²) in [6.45, 7) is 3.34. The fourth-order valence-electron chi connectivity index (χ4n) is 4.44. The van der Waals surface area contributed by atoms with Crippen LogP contribution in [-0.4, -0.2) is 62.2 Å². The highest BCUT2D eigenvalue weighted by molar-refractivity contribution is 6.16. The lowest BCUT2D eigenvalue weighted by Gasteiger charge is -2.17. The van der Waals surface area contributed by atoms with Crippen LogP contribution < -0.4 is 10.1 Å². The van der Waals surface area contributed by atoms with Gasteiger partial charge in [0.15, 0.2) is 6.61 Å². The van der Waals surface area contributed by atoms with E-state index in [4.69, 9.17) is 14.2 Å². The van der Waals surface area contributed by atoms with Crippen LogP contribution in [0.15, 0.2) is 71.4 Å². The first-order chi connectivity index (χ1) is 18.0. The molecule has 2 aromatic rings. The number of benzene rings is 2. The number of nitrogens with one attached hydrogen (secondary N) is 1. The second-order valence-corrected chi connectivity index (χ2v) is 9.00. The maximum absolute atomic E-state index is 13.3. The monoisotopic (exact) mass is 504 g/mol. The lowest BCUT2D eigenvalue weighted by molar-refractivity contribution is -0.136. The van der Waals surface area contributed by atoms with E-state index in [0.717, 1.165) is 30.6 Å². The summed E-state index contributed by atoms with van der Waals surface area (Å²) in [4.78, 5) is 39.5. The zero-order valence-electron chi connectivity index (χ0n) is 21.2. The number of ether oxygens (including phenoxy) is 3. The molecular formula is C29H32N2O6. The minimum absolute atomic E-state index is 0.0800. The summed E-state index contributed by atoms with van der Waals surface area (Å²) in [5, 5.41) is 2.82. The molecule has 2 aliphatic heterocycles. The molecule has 194 valence electrons. The predicted octanol–water partition coefficient (Wildman–Crippen LogP) is 3.28. The van der Waals surface area contributed by atoms with E-state index in [2.05, 4.69) is 5.32 Å². The first kappa shape index (κ1) is 26.2. The molecular weight excluding hydrogens is 472 g/mol. The summed E-state index contributed by atoms with van der Waals surface area (Å²) in [5.41, 5.74) is 2.96. The number of carbonyl (C=O) groups excluding carboxylic acids is 3. The summed E-state index contributed by atoms with van der Waals surface area (Å²) in [5.74, 6) is -0.473. The number of methoxy groups -OCH3 is 1. The van der Waals surface area contributed by atoms with Gasteiger partial charge >= 0.3 is 5.97 Å². The van der Waals surface area contributed by atoms with Gasteiger partial charge in [-0.15, -0.1) is 0 Å². The predicted molar refractivity (Wildman–Crippen MR) is 138 cm³/mol. The molecule has 0 radical (unpaired) electrons. The standard InChI is InChI=1S/C29H32N2O6/c1-20-27(29(34)35-2)25(28(33)31(20)15-14-21-7-4-3-5-8-21)17-22-10-12-23(13-11-22)37-19-26(32)30-18-24-9-6-16-36-24/h3-5,7-8,10-13,17,24H,6,9,14-16,18-19H2,1-2H3,(H,30,32)/b25-17-/t24-/m0/s1. The van der Waals surface area contributed by atoms with E-state index < -0.39 is 5.97 Å². The minimum atomic E-state index is -0.548. The van der Waals surface area contributed by atoms with Gasteiger partial charge in [-0.1, -0.05) is 42.5 Å². The van der Waals surface area contributed by atoms with Crippen molar-refractivity contribution in [3.63, 3.8) is 0 Å². The quantitative estimate of drug-likeness (QED) is 0.394. The van der Waals surface area contributed by atoms with Gasteiger partial charge in [0.1, 0.15) is 5.75 Å². The van der Waals surface area contributed by atoms with Gasteiger partial charge in [-0.05, 0) is 55.5 Å². The van der Waals surface area contributed by atoms with Gasteiger partial charge in [0.25, 0.3) is 11.8 Å². The third kappa shape index (κ3) is 6.65. The van der Waals surface area contributed by atoms with Crippen LogP contribution in [0.2, 0.25) is 0 Å². The number of allylic oxidation sites excluding steroid dienone is 1. The highest BCUT2D eigenvalue weighted by Gasteiger charge is 2.36. The van der Waals surface area contributed by atoms with Gasteiger partial charge < -0.3 is 24.4 Å². The van der Waals surface area contributed by atoms with E-state index >= 15 is 0 Å². The molecule has 1 atom stereocenters. The van der Waals surface area contributed by atoms with Gasteiger partial charge in [-0.25, -0.2) is 4.79 Å². The van der Waals surface area contributed by atoms with Crippen molar-refractivity contribution >= 4 is 23.9 Å². The van der Waals surface area contributed by atoms with Gasteiger partial charge in [0, 0.05) is 25.4 Å². The molecule has 0 unspecified atom stereocenters. The fourth-order valence-corrected chi connectivity index (χ4v) is 4.44. The zero-order chi connectivity index (χ0) is 26.2. The Morgan fingerprint density at radius 3 is 2.57 bits per heavy atom. The number of rotatable bonds is 10. The van der Waals surface area contributed by atoms with E-state index in [-0.39, 0.29) is 30.1 Å². The molecule has 4 rings (SSSR count). The number of esters is 1. The van der Waals surface area contributed by atoms with Gasteiger partial charge in [0.05, 0.1) is 24.4 Å². The summed E-state index contributed by atoms with van der Waals surface area (Å²) >= 11 is 0. The van der Waals surface area contributed by atoms with Gasteiger partial charge in [0.2, 0.25) is 0 Å². The van der Waals surface area contributed by atoms with Crippen LogP contribution in [0.5, 0.6) is 5.75 Å². The number of carbonyl (C=O) groups is 3. The molecule has 0 aromatic heterocycles. The topological polar surface area (TPSA) is 94.2 Å². The summed E-state index contributed by atoms with van der Waals surface area (Å²) in [7, 11) is 1.31. The number of amides is 2. The second kappa shape index (κ2) is 12.4. The maximum Gasteiger partial charge on any atom is 0.340 e. The molecule has 8 nitrogen and oxygen atoms in total. The SMILES string of the molecule is COC(=O)C1=C(C)N(CCc2ccccc2)C(=O)/C1=C\c1ccc(OCC(=O)NC[C@@H]2CCCO2)cc1. The van der Waals surface area contributed by atoms with Crippen LogP contribution in [0.1, 0.15) is 30.9 Å². The summed E-state index contributed by atoms with van der Waals surface area (Å²) in [6, 6.07) is 16.9. The molecule has 1 fully saturated rings. The molecule has 0 aliphatic carbocycles. The van der Waals surface area contributed by atoms with Crippen LogP contribution in [0.25, 0.3) is 6.08 Å². The van der Waals surface area contributed by atoms with E-state index in [1.165, 1.54) is 7.11 Å². The van der Waals surface area contributed by atoms with Crippen LogP contribution >= 0.6 is 0 Å². The lowest BCUT2D eigenvalue weighted by Crippen LogP contribution is -2.35. The van der Waals surface area contributed by atoms with Gasteiger partial charge in [-0.3, -0.25) is 9.59 Å². The Labute approximate surface area is 216 Å². The Morgan fingerprint density at radius 2 is 1.89 bits per heavy atom. The largest absolute Gasteiger partial charge is 0.484 e. The van der Waals surface area contributed by atoms with E-state index in [1.807, 2.05) is 30.3 Å². The Morgan fingerprint density at radius 1 is 1.14 bits per heavy atom. The van der Waals surface area contributed by atoms with Crippen molar-refractivity contribution in [2.75, 3.05) is 33.4 Å². The third-order valence-electron chi connectivity index (χ3n) is 6.48. The third-order valence-corrected chi connectivity index (χ3v) is 6.48. The Hall–Kier alpha value is -3.91. The van der Waals surface area contributed by atoms with Crippen molar-refractivity contribution < 1.29 is 28.6 Å². The minimum Gasteiger partial charge on any atom is -0.484 e. The number of nitrogens with zero attached hydrogens (tertiary/aromatic N) is 1. The highest BCUT2D eigenvalue weighted by Crippen LogP contribution is 2.32. The Kier molecular flexibility index (Phi) is 8.74. The van der Waals surface area contributed by atoms with Crippen molar-refractivity contribution in [2.24, 2.45) is 0 Å². The van der Waals surface area contributed by atoms with Crippen LogP contribution in [0.4, 0.5) is 0 Å². The maximum atomic E-state index is 13.3. The van der Waals surface area contributed by atoms with Crippen LogP contribution in [-0.2, 0) is 30.3 Å². The molecule has 37 heavy (non-hydrogen) atoms. The van der Waals surface area contributed by atoms with Crippen molar-refractivity contribution in [3.05, 3.63) is 82.6 Å². The van der Waals surface area contributed by atoms with Crippen LogP contribution in [0, 0.1) is 0 Å². The van der Waals surface area contributed by atoms with E-state index in [0.29, 0.717) is 36.5 Å². The second-order valence-electron chi connectivity index (χ2n) is 9.00. The average molecular weight is 505 g/mol. The van der Waals surface area contributed by atoms with Crippen molar-refractivity contribution in [2.45, 2.75) is 32.3 Å². The Bertz CT molecular complexity index is 1180. The highest BCUT2D eigenvalue weighted by atomic mass is 16.5. The first-order valence-corrected chi connectivity index (χ1v) is 12.4. The molecule has 0 saturated carbocycles. The molecule has 0 bridgehead atoms. The first-order valence-electron chi connectivity index (χ1n) is 12.4. The van der Waals surface area contributed by atoms with Crippen molar-refractivity contribution in [1.82, 2.24) is 10.2 Å². The molecule has 2 aliphatic rings. The molecule has 2 heterocycles. The van der Waals surface area contributed by atoms with Gasteiger partial charge in [-0.2, -0.15) is 0 Å². The van der Waals surface area contributed by atoms with Crippen molar-refractivity contribution in [1.29, 1.82) is 0 Å². The molecule has 2 aromatic carbocycles. The molecule has 0 spiro atoms.